The fourth-order valence-electron chi connectivity index (χ4n) is 2.27. The summed E-state index contributed by atoms with van der Waals surface area (Å²) in [7, 11) is 1.78. The Morgan fingerprint density at radius 1 is 1.47 bits per heavy atom. The van der Waals surface area contributed by atoms with Crippen molar-refractivity contribution in [1.29, 1.82) is 0 Å². The lowest BCUT2D eigenvalue weighted by atomic mass is 9.89. The normalized spacial score (nSPS) is 24.4. The number of anilines is 1. The molecular weight excluding hydrogens is 214 g/mol. The molecule has 0 spiro atoms. The van der Waals surface area contributed by atoms with Crippen molar-refractivity contribution < 1.29 is 4.79 Å². The van der Waals surface area contributed by atoms with Gasteiger partial charge in [0.25, 0.3) is 0 Å². The van der Waals surface area contributed by atoms with Crippen molar-refractivity contribution in [2.45, 2.75) is 31.7 Å². The predicted molar refractivity (Wildman–Crippen MR) is 67.9 cm³/mol. The quantitative estimate of drug-likeness (QED) is 0.843. The van der Waals surface area contributed by atoms with Crippen LogP contribution in [-0.2, 0) is 4.79 Å². The van der Waals surface area contributed by atoms with Crippen LogP contribution in [0.25, 0.3) is 0 Å². The number of carbonyl (C=O) groups is 1. The van der Waals surface area contributed by atoms with Crippen molar-refractivity contribution in [2.24, 2.45) is 0 Å². The van der Waals surface area contributed by atoms with Gasteiger partial charge in [0.15, 0.2) is 0 Å². The third-order valence-electron chi connectivity index (χ3n) is 3.39. The summed E-state index contributed by atoms with van der Waals surface area (Å²) in [5.74, 6) is 0.794. The first kappa shape index (κ1) is 12.0. The molecule has 1 aromatic rings. The van der Waals surface area contributed by atoms with Crippen LogP contribution in [0.5, 0.6) is 0 Å². The maximum Gasteiger partial charge on any atom is 0.247 e. The molecule has 1 fully saturated rings. The number of hydrogen-bond donors (Lipinski definition) is 1. The zero-order valence-electron chi connectivity index (χ0n) is 10.4. The van der Waals surface area contributed by atoms with Crippen LogP contribution in [0.3, 0.4) is 0 Å². The van der Waals surface area contributed by atoms with Gasteiger partial charge in [-0.05, 0) is 44.9 Å². The Morgan fingerprint density at radius 2 is 2.29 bits per heavy atom. The van der Waals surface area contributed by atoms with Gasteiger partial charge in [0.1, 0.15) is 5.82 Å². The molecule has 2 rings (SSSR count). The minimum atomic E-state index is -0.440. The molecule has 1 N–H and O–H groups in total. The van der Waals surface area contributed by atoms with Crippen LogP contribution in [0.2, 0.25) is 0 Å². The molecule has 0 aliphatic carbocycles. The third kappa shape index (κ3) is 2.47. The number of amides is 1. The number of aromatic nitrogens is 1. The zero-order chi connectivity index (χ0) is 12.3. The summed E-state index contributed by atoms with van der Waals surface area (Å²) < 4.78 is 0. The first-order valence-corrected chi connectivity index (χ1v) is 6.08. The van der Waals surface area contributed by atoms with Crippen LogP contribution in [0.15, 0.2) is 24.4 Å². The standard InChI is InChI=1S/C13H19N3O/c1-13(8-4-6-10-15-13)12(17)16(2)11-7-3-5-9-14-11/h3,5,7,9,15H,4,6,8,10H2,1-2H3. The second kappa shape index (κ2) is 4.84. The van der Waals surface area contributed by atoms with Crippen molar-refractivity contribution >= 4 is 11.7 Å². The fraction of sp³-hybridized carbons (Fsp3) is 0.538. The predicted octanol–water partition coefficient (Wildman–Crippen LogP) is 1.58. The molecule has 1 unspecified atom stereocenters. The first-order chi connectivity index (χ1) is 8.13. The Kier molecular flexibility index (Phi) is 3.43. The molecule has 1 aliphatic rings. The molecule has 1 amide bonds. The molecule has 4 nitrogen and oxygen atoms in total. The fourth-order valence-corrected chi connectivity index (χ4v) is 2.27. The maximum atomic E-state index is 12.4. The van der Waals surface area contributed by atoms with E-state index in [2.05, 4.69) is 10.3 Å². The number of nitrogens with one attached hydrogen (secondary N) is 1. The van der Waals surface area contributed by atoms with Crippen LogP contribution >= 0.6 is 0 Å². The van der Waals surface area contributed by atoms with E-state index in [-0.39, 0.29) is 5.91 Å². The van der Waals surface area contributed by atoms with Gasteiger partial charge in [0.2, 0.25) is 5.91 Å². The Balaban J connectivity index is 2.14. The first-order valence-electron chi connectivity index (χ1n) is 6.08. The molecule has 1 aliphatic heterocycles. The van der Waals surface area contributed by atoms with E-state index in [1.54, 1.807) is 18.1 Å². The molecule has 0 saturated carbocycles. The number of carbonyl (C=O) groups excluding carboxylic acids is 1. The van der Waals surface area contributed by atoms with Gasteiger partial charge < -0.3 is 5.32 Å². The van der Waals surface area contributed by atoms with Crippen LogP contribution in [-0.4, -0.2) is 30.0 Å². The molecule has 0 radical (unpaired) electrons. The number of hydrogen-bond acceptors (Lipinski definition) is 3. The van der Waals surface area contributed by atoms with E-state index in [1.807, 2.05) is 25.1 Å². The van der Waals surface area contributed by atoms with Gasteiger partial charge in [-0.15, -0.1) is 0 Å². The van der Waals surface area contributed by atoms with Gasteiger partial charge in [-0.2, -0.15) is 0 Å². The SMILES string of the molecule is CN(C(=O)C1(C)CCCCN1)c1ccccn1. The summed E-state index contributed by atoms with van der Waals surface area (Å²) in [6.07, 6.45) is 4.85. The highest BCUT2D eigenvalue weighted by Gasteiger charge is 2.36. The number of rotatable bonds is 2. The van der Waals surface area contributed by atoms with Gasteiger partial charge >= 0.3 is 0 Å². The number of nitrogens with zero attached hydrogens (tertiary/aromatic N) is 2. The smallest absolute Gasteiger partial charge is 0.247 e. The molecule has 2 heterocycles. The lowest BCUT2D eigenvalue weighted by molar-refractivity contribution is -0.125. The number of piperidine rings is 1. The van der Waals surface area contributed by atoms with E-state index >= 15 is 0 Å². The van der Waals surface area contributed by atoms with E-state index in [1.165, 1.54) is 0 Å². The summed E-state index contributed by atoms with van der Waals surface area (Å²) in [5, 5.41) is 3.33. The monoisotopic (exact) mass is 233 g/mol. The largest absolute Gasteiger partial charge is 0.304 e. The van der Waals surface area contributed by atoms with E-state index < -0.39 is 5.54 Å². The van der Waals surface area contributed by atoms with E-state index in [4.69, 9.17) is 0 Å². The molecule has 0 aromatic carbocycles. The average molecular weight is 233 g/mol. The van der Waals surface area contributed by atoms with Crippen molar-refractivity contribution in [3.63, 3.8) is 0 Å². The van der Waals surface area contributed by atoms with Gasteiger partial charge in [-0.3, -0.25) is 9.69 Å². The molecule has 17 heavy (non-hydrogen) atoms. The average Bonchev–Trinajstić information content (AvgIpc) is 2.39. The second-order valence-corrected chi connectivity index (χ2v) is 4.77. The van der Waals surface area contributed by atoms with Crippen molar-refractivity contribution in [1.82, 2.24) is 10.3 Å². The molecule has 1 aromatic heterocycles. The topological polar surface area (TPSA) is 45.2 Å². The lowest BCUT2D eigenvalue weighted by Gasteiger charge is -2.36. The molecule has 92 valence electrons. The molecule has 1 saturated heterocycles. The third-order valence-corrected chi connectivity index (χ3v) is 3.39. The highest BCUT2D eigenvalue weighted by Crippen LogP contribution is 2.22. The zero-order valence-corrected chi connectivity index (χ0v) is 10.4. The van der Waals surface area contributed by atoms with Gasteiger partial charge in [-0.25, -0.2) is 4.98 Å². The Hall–Kier alpha value is -1.42. The van der Waals surface area contributed by atoms with E-state index in [0.29, 0.717) is 5.82 Å². The van der Waals surface area contributed by atoms with Gasteiger partial charge in [-0.1, -0.05) is 6.07 Å². The minimum absolute atomic E-state index is 0.0934. The second-order valence-electron chi connectivity index (χ2n) is 4.77. The van der Waals surface area contributed by atoms with Crippen LogP contribution in [0.4, 0.5) is 5.82 Å². The van der Waals surface area contributed by atoms with Crippen molar-refractivity contribution in [2.75, 3.05) is 18.5 Å². The Morgan fingerprint density at radius 3 is 2.88 bits per heavy atom. The molecule has 1 atom stereocenters. The Labute approximate surface area is 102 Å². The van der Waals surface area contributed by atoms with E-state index in [9.17, 15) is 4.79 Å². The molecule has 4 heteroatoms. The van der Waals surface area contributed by atoms with Crippen LogP contribution < -0.4 is 10.2 Å². The highest BCUT2D eigenvalue weighted by atomic mass is 16.2. The van der Waals surface area contributed by atoms with Crippen LogP contribution in [0.1, 0.15) is 26.2 Å². The van der Waals surface area contributed by atoms with Crippen molar-refractivity contribution in [3.05, 3.63) is 24.4 Å². The highest BCUT2D eigenvalue weighted by molar-refractivity contribution is 5.98. The Bertz CT molecular complexity index is 385. The summed E-state index contributed by atoms with van der Waals surface area (Å²) in [6.45, 7) is 2.90. The minimum Gasteiger partial charge on any atom is -0.304 e. The lowest BCUT2D eigenvalue weighted by Crippen LogP contribution is -2.57. The summed E-state index contributed by atoms with van der Waals surface area (Å²) in [5.41, 5.74) is -0.440. The van der Waals surface area contributed by atoms with Crippen molar-refractivity contribution in [3.8, 4) is 0 Å². The summed E-state index contributed by atoms with van der Waals surface area (Å²) >= 11 is 0. The van der Waals surface area contributed by atoms with E-state index in [0.717, 1.165) is 25.8 Å². The molecule has 0 bridgehead atoms. The van der Waals surface area contributed by atoms with Gasteiger partial charge in [0, 0.05) is 13.2 Å². The van der Waals surface area contributed by atoms with Crippen LogP contribution in [0, 0.1) is 0 Å². The number of pyridine rings is 1. The summed E-state index contributed by atoms with van der Waals surface area (Å²) in [6, 6.07) is 5.59. The summed E-state index contributed by atoms with van der Waals surface area (Å²) in [4.78, 5) is 18.3. The molecular formula is C13H19N3O. The maximum absolute atomic E-state index is 12.4. The van der Waals surface area contributed by atoms with Gasteiger partial charge in [0.05, 0.1) is 5.54 Å². The number of likely N-dealkylation sites (N-methyl/N-ethyl adjacent to an activating group) is 1.